The minimum Gasteiger partial charge on any atom is -0.428 e. The maximum Gasteiger partial charge on any atom is 0.461 e. The zero-order valence-corrected chi connectivity index (χ0v) is 12.3. The number of nitrogens with zero attached hydrogens (tertiary/aromatic N) is 2. The third kappa shape index (κ3) is 4.33. The van der Waals surface area contributed by atoms with Crippen LogP contribution < -0.4 is 10.1 Å². The van der Waals surface area contributed by atoms with Gasteiger partial charge in [-0.2, -0.15) is 22.8 Å². The van der Waals surface area contributed by atoms with Crippen LogP contribution in [0.15, 0.2) is 24.3 Å². The number of alkyl halides is 4. The topological polar surface area (TPSA) is 48.3 Å². The minimum absolute atomic E-state index is 0.0562. The van der Waals surface area contributed by atoms with E-state index in [4.69, 9.17) is 5.26 Å². The summed E-state index contributed by atoms with van der Waals surface area (Å²) in [6.45, 7) is 2.67. The van der Waals surface area contributed by atoms with Crippen LogP contribution in [0.2, 0.25) is 0 Å². The number of rotatable bonds is 6. The summed E-state index contributed by atoms with van der Waals surface area (Å²) in [4.78, 5) is 1.96. The van der Waals surface area contributed by atoms with E-state index >= 15 is 0 Å². The summed E-state index contributed by atoms with van der Waals surface area (Å²) in [5.41, 5.74) is 0.316. The van der Waals surface area contributed by atoms with Crippen LogP contribution in [0.25, 0.3) is 0 Å². The van der Waals surface area contributed by atoms with Crippen LogP contribution in [0.5, 0.6) is 5.75 Å². The summed E-state index contributed by atoms with van der Waals surface area (Å²) in [6, 6.07) is 7.33. The first-order valence-corrected chi connectivity index (χ1v) is 7.21. The summed E-state index contributed by atoms with van der Waals surface area (Å²) >= 11 is 0. The summed E-state index contributed by atoms with van der Waals surface area (Å²) in [6.07, 6.45) is -8.44. The SMILES string of the molecule is N#CC[C@H](c1ccccc1OC(F)(F)C(F)F)N1CCNCC1. The van der Waals surface area contributed by atoms with Gasteiger partial charge < -0.3 is 10.1 Å². The van der Waals surface area contributed by atoms with Gasteiger partial charge in [-0.15, -0.1) is 0 Å². The molecule has 0 amide bonds. The second-order valence-electron chi connectivity index (χ2n) is 5.17. The molecular formula is C15H17F4N3O. The Kier molecular flexibility index (Phi) is 5.80. The highest BCUT2D eigenvalue weighted by atomic mass is 19.3. The summed E-state index contributed by atoms with van der Waals surface area (Å²) in [5.74, 6) is -0.323. The lowest BCUT2D eigenvalue weighted by Crippen LogP contribution is -2.45. The van der Waals surface area contributed by atoms with Crippen molar-refractivity contribution in [3.05, 3.63) is 29.8 Å². The van der Waals surface area contributed by atoms with Gasteiger partial charge in [0.1, 0.15) is 5.75 Å². The molecule has 0 unspecified atom stereocenters. The van der Waals surface area contributed by atoms with Crippen molar-refractivity contribution in [2.75, 3.05) is 26.2 Å². The highest BCUT2D eigenvalue weighted by Crippen LogP contribution is 2.36. The Labute approximate surface area is 131 Å². The predicted molar refractivity (Wildman–Crippen MR) is 75.4 cm³/mol. The Morgan fingerprint density at radius 3 is 2.52 bits per heavy atom. The Hall–Kier alpha value is -1.85. The average molecular weight is 331 g/mol. The number of hydrogen-bond donors (Lipinski definition) is 1. The lowest BCUT2D eigenvalue weighted by Gasteiger charge is -2.35. The summed E-state index contributed by atoms with van der Waals surface area (Å²) < 4.78 is 55.5. The molecule has 0 bridgehead atoms. The number of nitrogens with one attached hydrogen (secondary N) is 1. The quantitative estimate of drug-likeness (QED) is 0.815. The zero-order valence-electron chi connectivity index (χ0n) is 12.3. The van der Waals surface area contributed by atoms with Crippen LogP contribution in [-0.4, -0.2) is 43.6 Å². The first kappa shape index (κ1) is 17.5. The van der Waals surface area contributed by atoms with Crippen molar-refractivity contribution in [1.82, 2.24) is 10.2 Å². The fourth-order valence-corrected chi connectivity index (χ4v) is 2.56. The number of hydrogen-bond acceptors (Lipinski definition) is 4. The Morgan fingerprint density at radius 2 is 1.91 bits per heavy atom. The molecule has 1 aromatic carbocycles. The molecule has 126 valence electrons. The van der Waals surface area contributed by atoms with E-state index in [0.717, 1.165) is 0 Å². The maximum absolute atomic E-state index is 13.2. The van der Waals surface area contributed by atoms with Gasteiger partial charge in [0, 0.05) is 31.7 Å². The number of nitriles is 1. The molecule has 2 rings (SSSR count). The first-order valence-electron chi connectivity index (χ1n) is 7.21. The number of para-hydroxylation sites is 1. The smallest absolute Gasteiger partial charge is 0.428 e. The van der Waals surface area contributed by atoms with E-state index in [2.05, 4.69) is 10.1 Å². The summed E-state index contributed by atoms with van der Waals surface area (Å²) in [5, 5.41) is 12.2. The minimum atomic E-state index is -4.57. The molecule has 4 nitrogen and oxygen atoms in total. The van der Waals surface area contributed by atoms with E-state index in [-0.39, 0.29) is 12.2 Å². The van der Waals surface area contributed by atoms with E-state index in [1.54, 1.807) is 6.07 Å². The molecular weight excluding hydrogens is 314 g/mol. The van der Waals surface area contributed by atoms with E-state index in [9.17, 15) is 17.6 Å². The molecule has 1 aromatic rings. The van der Waals surface area contributed by atoms with E-state index in [1.165, 1.54) is 18.2 Å². The molecule has 1 N–H and O–H groups in total. The zero-order chi connectivity index (χ0) is 16.9. The van der Waals surface area contributed by atoms with Crippen molar-refractivity contribution in [2.45, 2.75) is 25.0 Å². The highest BCUT2D eigenvalue weighted by Gasteiger charge is 2.44. The van der Waals surface area contributed by atoms with Gasteiger partial charge in [0.2, 0.25) is 0 Å². The van der Waals surface area contributed by atoms with E-state index in [1.807, 2.05) is 11.0 Å². The maximum atomic E-state index is 13.2. The molecule has 23 heavy (non-hydrogen) atoms. The molecule has 8 heteroatoms. The molecule has 0 spiro atoms. The van der Waals surface area contributed by atoms with Crippen LogP contribution in [-0.2, 0) is 0 Å². The van der Waals surface area contributed by atoms with Gasteiger partial charge >= 0.3 is 12.5 Å². The molecule has 1 heterocycles. The molecule has 0 radical (unpaired) electrons. The average Bonchev–Trinajstić information content (AvgIpc) is 2.54. The van der Waals surface area contributed by atoms with E-state index < -0.39 is 18.6 Å². The van der Waals surface area contributed by atoms with Crippen molar-refractivity contribution < 1.29 is 22.3 Å². The van der Waals surface area contributed by atoms with Gasteiger partial charge in [-0.25, -0.2) is 0 Å². The highest BCUT2D eigenvalue weighted by molar-refractivity contribution is 5.37. The number of ether oxygens (including phenoxy) is 1. The van der Waals surface area contributed by atoms with Crippen LogP contribution in [0.1, 0.15) is 18.0 Å². The Balaban J connectivity index is 2.30. The van der Waals surface area contributed by atoms with Crippen molar-refractivity contribution in [3.63, 3.8) is 0 Å². The van der Waals surface area contributed by atoms with Gasteiger partial charge in [-0.3, -0.25) is 4.90 Å². The second kappa shape index (κ2) is 7.62. The van der Waals surface area contributed by atoms with Crippen LogP contribution >= 0.6 is 0 Å². The Bertz CT molecular complexity index is 556. The standard InChI is InChI=1S/C15H17F4N3O/c16-14(17)15(18,19)23-13-4-2-1-3-11(13)12(5-6-20)22-9-7-21-8-10-22/h1-4,12,14,21H,5,7-10H2/t12-/m1/s1. The lowest BCUT2D eigenvalue weighted by atomic mass is 10.0. The van der Waals surface area contributed by atoms with Crippen LogP contribution in [0.4, 0.5) is 17.6 Å². The molecule has 1 saturated heterocycles. The fourth-order valence-electron chi connectivity index (χ4n) is 2.56. The fraction of sp³-hybridized carbons (Fsp3) is 0.533. The third-order valence-electron chi connectivity index (χ3n) is 3.66. The van der Waals surface area contributed by atoms with E-state index in [0.29, 0.717) is 31.7 Å². The molecule has 1 aliphatic heterocycles. The summed E-state index contributed by atoms with van der Waals surface area (Å²) in [7, 11) is 0. The first-order chi connectivity index (χ1) is 11.0. The second-order valence-corrected chi connectivity index (χ2v) is 5.17. The van der Waals surface area contributed by atoms with Gasteiger partial charge in [0.15, 0.2) is 0 Å². The van der Waals surface area contributed by atoms with Crippen LogP contribution in [0, 0.1) is 11.3 Å². The van der Waals surface area contributed by atoms with Gasteiger partial charge in [0.25, 0.3) is 0 Å². The van der Waals surface area contributed by atoms with Gasteiger partial charge in [0.05, 0.1) is 18.5 Å². The van der Waals surface area contributed by atoms with Crippen molar-refractivity contribution >= 4 is 0 Å². The van der Waals surface area contributed by atoms with Crippen molar-refractivity contribution in [2.24, 2.45) is 0 Å². The number of benzene rings is 1. The van der Waals surface area contributed by atoms with Gasteiger partial charge in [-0.05, 0) is 6.07 Å². The molecule has 1 atom stereocenters. The van der Waals surface area contributed by atoms with Crippen LogP contribution in [0.3, 0.4) is 0 Å². The normalized spacial score (nSPS) is 17.7. The molecule has 0 saturated carbocycles. The number of piperazine rings is 1. The van der Waals surface area contributed by atoms with Gasteiger partial charge in [-0.1, -0.05) is 18.2 Å². The number of halogens is 4. The largest absolute Gasteiger partial charge is 0.461 e. The third-order valence-corrected chi connectivity index (χ3v) is 3.66. The predicted octanol–water partition coefficient (Wildman–Crippen LogP) is 2.78. The molecule has 0 aliphatic carbocycles. The monoisotopic (exact) mass is 331 g/mol. The lowest BCUT2D eigenvalue weighted by molar-refractivity contribution is -0.253. The molecule has 0 aromatic heterocycles. The van der Waals surface area contributed by atoms with Crippen molar-refractivity contribution in [3.8, 4) is 11.8 Å². The molecule has 1 fully saturated rings. The Morgan fingerprint density at radius 1 is 1.26 bits per heavy atom. The van der Waals surface area contributed by atoms with Crippen molar-refractivity contribution in [1.29, 1.82) is 5.26 Å². The molecule has 1 aliphatic rings.